The summed E-state index contributed by atoms with van der Waals surface area (Å²) in [4.78, 5) is 28.1. The molecule has 1 amide bonds. The summed E-state index contributed by atoms with van der Waals surface area (Å²) < 4.78 is 3.84. The summed E-state index contributed by atoms with van der Waals surface area (Å²) in [5.74, 6) is -1.11. The minimum atomic E-state index is -1.09. The van der Waals surface area contributed by atoms with Gasteiger partial charge in [-0.1, -0.05) is 35.5 Å². The van der Waals surface area contributed by atoms with Crippen LogP contribution in [0.4, 0.5) is 0 Å². The van der Waals surface area contributed by atoms with E-state index in [1.807, 2.05) is 48.7 Å². The molecule has 2 heterocycles. The number of carbonyl (C=O) groups is 2. The van der Waals surface area contributed by atoms with Gasteiger partial charge in [-0.05, 0) is 50.2 Å². The van der Waals surface area contributed by atoms with Gasteiger partial charge < -0.3 is 9.67 Å². The molecule has 0 aliphatic carbocycles. The van der Waals surface area contributed by atoms with Crippen LogP contribution >= 0.6 is 34.7 Å². The highest BCUT2D eigenvalue weighted by Gasteiger charge is 2.14. The number of carboxylic acids is 1. The normalized spacial score (nSPS) is 11.4. The number of carbonyl (C=O) groups excluding carboxylic acids is 1. The van der Waals surface area contributed by atoms with Crippen molar-refractivity contribution in [3.05, 3.63) is 76.1 Å². The monoisotopic (exact) mass is 498 g/mol. The molecule has 4 rings (SSSR count). The van der Waals surface area contributed by atoms with Crippen LogP contribution in [0.3, 0.4) is 0 Å². The Morgan fingerprint density at radius 2 is 2.03 bits per heavy atom. The number of carboxylic acid groups (broad SMARTS) is 1. The van der Waals surface area contributed by atoms with Crippen molar-refractivity contribution >= 4 is 63.0 Å². The van der Waals surface area contributed by atoms with Gasteiger partial charge in [-0.25, -0.2) is 15.2 Å². The Kier molecular flexibility index (Phi) is 6.83. The van der Waals surface area contributed by atoms with Gasteiger partial charge in [-0.15, -0.1) is 11.3 Å². The number of nitrogens with zero attached hydrogens (tertiary/aromatic N) is 3. The highest BCUT2D eigenvalue weighted by molar-refractivity contribution is 8.01. The number of thiazole rings is 1. The lowest BCUT2D eigenvalue weighted by molar-refractivity contribution is -0.118. The van der Waals surface area contributed by atoms with Gasteiger partial charge in [0.15, 0.2) is 4.34 Å². The van der Waals surface area contributed by atoms with Crippen molar-refractivity contribution in [1.82, 2.24) is 15.0 Å². The first kappa shape index (κ1) is 23.0. The predicted molar refractivity (Wildman–Crippen MR) is 133 cm³/mol. The number of halogens is 1. The average molecular weight is 499 g/mol. The molecule has 0 saturated carbocycles. The third-order valence-corrected chi connectivity index (χ3v) is 7.41. The average Bonchev–Trinajstić information content (AvgIpc) is 3.32. The summed E-state index contributed by atoms with van der Waals surface area (Å²) in [6.07, 6.45) is 1.58. The molecule has 4 aromatic rings. The fraction of sp³-hybridized carbons (Fsp3) is 0.130. The van der Waals surface area contributed by atoms with Crippen molar-refractivity contribution in [3.8, 4) is 5.69 Å². The standard InChI is InChI=1S/C23H19ClN4O3S2/c1-13-9-15(14(2)28(13)16-7-8-18(24)17(10-16)22(30)31)11-25-27-21(29)12-32-23-26-19-5-3-4-6-20(19)33-23/h3-11H,12H2,1-2H3,(H,27,29)(H,30,31)/b25-11+. The van der Waals surface area contributed by atoms with E-state index in [-0.39, 0.29) is 22.2 Å². The molecule has 0 fully saturated rings. The number of fused-ring (bicyclic) bond motifs is 1. The van der Waals surface area contributed by atoms with Gasteiger partial charge in [-0.2, -0.15) is 5.10 Å². The number of hydrogen-bond donors (Lipinski definition) is 2. The van der Waals surface area contributed by atoms with Crippen LogP contribution in [0.1, 0.15) is 27.3 Å². The van der Waals surface area contributed by atoms with Crippen LogP contribution in [0.5, 0.6) is 0 Å². The number of rotatable bonds is 7. The number of amides is 1. The molecule has 0 saturated heterocycles. The van der Waals surface area contributed by atoms with Crippen LogP contribution in [0, 0.1) is 13.8 Å². The van der Waals surface area contributed by atoms with Gasteiger partial charge in [0.1, 0.15) is 0 Å². The van der Waals surface area contributed by atoms with Gasteiger partial charge in [0.25, 0.3) is 5.91 Å². The van der Waals surface area contributed by atoms with Crippen molar-refractivity contribution in [3.63, 3.8) is 0 Å². The molecule has 0 aliphatic heterocycles. The Bertz CT molecular complexity index is 1360. The topological polar surface area (TPSA) is 96.6 Å². The summed E-state index contributed by atoms with van der Waals surface area (Å²) >= 11 is 8.91. The first-order valence-corrected chi connectivity index (χ1v) is 12.0. The molecule has 0 radical (unpaired) electrons. The van der Waals surface area contributed by atoms with E-state index in [4.69, 9.17) is 11.6 Å². The predicted octanol–water partition coefficient (Wildman–Crippen LogP) is 5.30. The smallest absolute Gasteiger partial charge is 0.337 e. The zero-order valence-electron chi connectivity index (χ0n) is 17.7. The van der Waals surface area contributed by atoms with E-state index in [1.54, 1.807) is 29.7 Å². The second-order valence-corrected chi connectivity index (χ2v) is 9.82. The number of hydrazone groups is 1. The number of thioether (sulfide) groups is 1. The van der Waals surface area contributed by atoms with Gasteiger partial charge in [0, 0.05) is 22.6 Å². The number of aryl methyl sites for hydroxylation is 1. The Balaban J connectivity index is 1.42. The van der Waals surface area contributed by atoms with Crippen molar-refractivity contribution in [1.29, 1.82) is 0 Å². The summed E-state index contributed by atoms with van der Waals surface area (Å²) in [6, 6.07) is 14.6. The van der Waals surface area contributed by atoms with Crippen LogP contribution in [0.25, 0.3) is 15.9 Å². The minimum absolute atomic E-state index is 0.0368. The maximum absolute atomic E-state index is 12.2. The van der Waals surface area contributed by atoms with E-state index in [9.17, 15) is 14.7 Å². The van der Waals surface area contributed by atoms with Gasteiger partial charge >= 0.3 is 5.97 Å². The maximum atomic E-state index is 12.2. The lowest BCUT2D eigenvalue weighted by Gasteiger charge is -2.11. The molecule has 7 nitrogen and oxygen atoms in total. The van der Waals surface area contributed by atoms with E-state index < -0.39 is 5.97 Å². The van der Waals surface area contributed by atoms with Crippen LogP contribution in [-0.4, -0.2) is 38.5 Å². The summed E-state index contributed by atoms with van der Waals surface area (Å²) in [7, 11) is 0. The highest BCUT2D eigenvalue weighted by atomic mass is 35.5. The molecular formula is C23H19ClN4O3S2. The Hall–Kier alpha value is -3.14. The van der Waals surface area contributed by atoms with Crippen molar-refractivity contribution in [2.75, 3.05) is 5.75 Å². The molecule has 10 heteroatoms. The van der Waals surface area contributed by atoms with E-state index in [0.717, 1.165) is 31.5 Å². The largest absolute Gasteiger partial charge is 0.478 e. The van der Waals surface area contributed by atoms with E-state index in [1.165, 1.54) is 17.8 Å². The first-order chi connectivity index (χ1) is 15.8. The Morgan fingerprint density at radius 3 is 2.79 bits per heavy atom. The van der Waals surface area contributed by atoms with Crippen LogP contribution in [-0.2, 0) is 4.79 Å². The van der Waals surface area contributed by atoms with Crippen molar-refractivity contribution < 1.29 is 14.7 Å². The van der Waals surface area contributed by atoms with E-state index >= 15 is 0 Å². The van der Waals surface area contributed by atoms with Gasteiger partial charge in [0.05, 0.1) is 32.8 Å². The number of para-hydroxylation sites is 1. The molecule has 168 valence electrons. The zero-order valence-corrected chi connectivity index (χ0v) is 20.1. The minimum Gasteiger partial charge on any atom is -0.478 e. The van der Waals surface area contributed by atoms with Gasteiger partial charge in [-0.3, -0.25) is 4.79 Å². The molecule has 2 aromatic heterocycles. The quantitative estimate of drug-likeness (QED) is 0.205. The van der Waals surface area contributed by atoms with Crippen molar-refractivity contribution in [2.24, 2.45) is 5.10 Å². The number of benzene rings is 2. The molecule has 2 aromatic carbocycles. The molecule has 0 spiro atoms. The highest BCUT2D eigenvalue weighted by Crippen LogP contribution is 2.29. The van der Waals surface area contributed by atoms with E-state index in [0.29, 0.717) is 5.69 Å². The van der Waals surface area contributed by atoms with Crippen LogP contribution in [0.15, 0.2) is 58.0 Å². The number of aromatic carboxylic acids is 1. The number of hydrogen-bond acceptors (Lipinski definition) is 6. The SMILES string of the molecule is Cc1cc(/C=N/NC(=O)CSc2nc3ccccc3s2)c(C)n1-c1ccc(Cl)c(C(=O)O)c1. The fourth-order valence-electron chi connectivity index (χ4n) is 3.38. The summed E-state index contributed by atoms with van der Waals surface area (Å²) in [5.41, 5.74) is 6.74. The first-order valence-electron chi connectivity index (χ1n) is 9.86. The molecule has 2 N–H and O–H groups in total. The van der Waals surface area contributed by atoms with E-state index in [2.05, 4.69) is 15.5 Å². The summed E-state index contributed by atoms with van der Waals surface area (Å²) in [6.45, 7) is 3.81. The summed E-state index contributed by atoms with van der Waals surface area (Å²) in [5, 5.41) is 13.6. The fourth-order valence-corrected chi connectivity index (χ4v) is 5.44. The molecule has 0 unspecified atom stereocenters. The second kappa shape index (κ2) is 9.78. The van der Waals surface area contributed by atoms with Crippen molar-refractivity contribution in [2.45, 2.75) is 18.2 Å². The third-order valence-electron chi connectivity index (χ3n) is 4.90. The molecule has 0 bridgehead atoms. The Morgan fingerprint density at radius 1 is 1.24 bits per heavy atom. The van der Waals surface area contributed by atoms with Crippen LogP contribution in [0.2, 0.25) is 5.02 Å². The van der Waals surface area contributed by atoms with Gasteiger partial charge in [0.2, 0.25) is 0 Å². The zero-order chi connectivity index (χ0) is 23.5. The molecule has 0 atom stereocenters. The molecular weight excluding hydrogens is 480 g/mol. The lowest BCUT2D eigenvalue weighted by atomic mass is 10.2. The molecule has 0 aliphatic rings. The lowest BCUT2D eigenvalue weighted by Crippen LogP contribution is -2.19. The number of nitrogens with one attached hydrogen (secondary N) is 1. The second-order valence-electron chi connectivity index (χ2n) is 7.16. The Labute approximate surface area is 203 Å². The number of aromatic nitrogens is 2. The molecule has 33 heavy (non-hydrogen) atoms. The maximum Gasteiger partial charge on any atom is 0.337 e. The third kappa shape index (κ3) is 5.11. The van der Waals surface area contributed by atoms with Crippen LogP contribution < -0.4 is 5.43 Å².